The van der Waals surface area contributed by atoms with E-state index in [0.717, 1.165) is 11.3 Å². The molecule has 0 unspecified atom stereocenters. The van der Waals surface area contributed by atoms with Crippen LogP contribution in [0.2, 0.25) is 0 Å². The third kappa shape index (κ3) is 6.66. The molecule has 2 rings (SSSR count). The van der Waals surface area contributed by atoms with Crippen molar-refractivity contribution in [3.8, 4) is 17.2 Å². The van der Waals surface area contributed by atoms with Crippen LogP contribution in [0.25, 0.3) is 0 Å². The highest BCUT2D eigenvalue weighted by atomic mass is 32.2. The van der Waals surface area contributed by atoms with Gasteiger partial charge in [0.1, 0.15) is 18.1 Å². The highest BCUT2D eigenvalue weighted by molar-refractivity contribution is 7.99. The van der Waals surface area contributed by atoms with Crippen molar-refractivity contribution in [2.45, 2.75) is 5.75 Å². The fraction of sp³-hybridized carbons (Fsp3) is 0.316. The molecule has 1 amide bonds. The molecule has 28 heavy (non-hydrogen) atoms. The highest BCUT2D eigenvalue weighted by Gasteiger charge is 2.15. The van der Waals surface area contributed by atoms with Crippen LogP contribution in [0.5, 0.6) is 17.2 Å². The summed E-state index contributed by atoms with van der Waals surface area (Å²) >= 11 is 1.38. The van der Waals surface area contributed by atoms with Gasteiger partial charge >= 0.3 is 5.69 Å². The normalized spacial score (nSPS) is 10.2. The Labute approximate surface area is 167 Å². The summed E-state index contributed by atoms with van der Waals surface area (Å²) in [4.78, 5) is 22.4. The summed E-state index contributed by atoms with van der Waals surface area (Å²) in [6.07, 6.45) is 0. The minimum absolute atomic E-state index is 0.0827. The predicted molar refractivity (Wildman–Crippen MR) is 107 cm³/mol. The van der Waals surface area contributed by atoms with Gasteiger partial charge in [-0.05, 0) is 35.9 Å². The topological polar surface area (TPSA) is 99.9 Å². The largest absolute Gasteiger partial charge is 0.497 e. The van der Waals surface area contributed by atoms with E-state index in [1.807, 2.05) is 0 Å². The number of nitrogens with zero attached hydrogens (tertiary/aromatic N) is 1. The van der Waals surface area contributed by atoms with Crippen LogP contribution in [-0.4, -0.2) is 44.0 Å². The van der Waals surface area contributed by atoms with Gasteiger partial charge in [-0.15, -0.1) is 11.8 Å². The number of hydrogen-bond donors (Lipinski definition) is 1. The summed E-state index contributed by atoms with van der Waals surface area (Å²) in [6, 6.07) is 12.0. The number of amides is 1. The van der Waals surface area contributed by atoms with Gasteiger partial charge < -0.3 is 19.5 Å². The van der Waals surface area contributed by atoms with Gasteiger partial charge in [-0.1, -0.05) is 6.07 Å². The number of carbonyl (C=O) groups excluding carboxylic acids is 1. The SMILES string of the molecule is COc1ccc(OCCNC(=O)CSCc2ccc(OC)c([N+](=O)[O-])c2)cc1. The molecule has 9 heteroatoms. The van der Waals surface area contributed by atoms with Crippen molar-refractivity contribution in [3.63, 3.8) is 0 Å². The molecular formula is C19H22N2O6S. The summed E-state index contributed by atoms with van der Waals surface area (Å²) < 4.78 is 15.6. The molecule has 0 heterocycles. The van der Waals surface area contributed by atoms with Crippen molar-refractivity contribution in [2.24, 2.45) is 0 Å². The van der Waals surface area contributed by atoms with Crippen LogP contribution in [-0.2, 0) is 10.5 Å². The molecule has 0 saturated carbocycles. The van der Waals surface area contributed by atoms with Gasteiger partial charge in [-0.3, -0.25) is 14.9 Å². The van der Waals surface area contributed by atoms with E-state index in [1.165, 1.54) is 24.9 Å². The van der Waals surface area contributed by atoms with Crippen molar-refractivity contribution in [1.82, 2.24) is 5.32 Å². The first-order chi connectivity index (χ1) is 13.5. The van der Waals surface area contributed by atoms with E-state index < -0.39 is 4.92 Å². The zero-order chi connectivity index (χ0) is 20.4. The maximum absolute atomic E-state index is 11.9. The first-order valence-corrected chi connectivity index (χ1v) is 9.61. The molecule has 0 aliphatic rings. The monoisotopic (exact) mass is 406 g/mol. The standard InChI is InChI=1S/C19H22N2O6S/c1-25-15-4-6-16(7-5-15)27-10-9-20-19(22)13-28-12-14-3-8-18(26-2)17(11-14)21(23)24/h3-8,11H,9-10,12-13H2,1-2H3,(H,20,22). The lowest BCUT2D eigenvalue weighted by Gasteiger charge is -2.08. The quantitative estimate of drug-likeness (QED) is 0.348. The van der Waals surface area contributed by atoms with Crippen LogP contribution in [0.1, 0.15) is 5.56 Å². The lowest BCUT2D eigenvalue weighted by Crippen LogP contribution is -2.29. The minimum Gasteiger partial charge on any atom is -0.497 e. The Morgan fingerprint density at radius 1 is 1.11 bits per heavy atom. The first kappa shape index (κ1) is 21.4. The zero-order valence-corrected chi connectivity index (χ0v) is 16.5. The molecule has 0 bridgehead atoms. The van der Waals surface area contributed by atoms with Gasteiger partial charge in [0.25, 0.3) is 0 Å². The third-order valence-corrected chi connectivity index (χ3v) is 4.70. The second-order valence-electron chi connectivity index (χ2n) is 5.63. The molecule has 1 N–H and O–H groups in total. The van der Waals surface area contributed by atoms with Gasteiger partial charge in [-0.25, -0.2) is 0 Å². The van der Waals surface area contributed by atoms with E-state index >= 15 is 0 Å². The average molecular weight is 406 g/mol. The van der Waals surface area contributed by atoms with Gasteiger partial charge in [-0.2, -0.15) is 0 Å². The molecule has 8 nitrogen and oxygen atoms in total. The summed E-state index contributed by atoms with van der Waals surface area (Å²) in [6.45, 7) is 0.743. The summed E-state index contributed by atoms with van der Waals surface area (Å²) in [5, 5.41) is 13.8. The second kappa shape index (κ2) is 11.0. The Hall–Kier alpha value is -2.94. The molecule has 0 aliphatic heterocycles. The van der Waals surface area contributed by atoms with Gasteiger partial charge in [0, 0.05) is 11.8 Å². The third-order valence-electron chi connectivity index (χ3n) is 3.69. The number of rotatable bonds is 11. The van der Waals surface area contributed by atoms with Crippen LogP contribution in [0.3, 0.4) is 0 Å². The van der Waals surface area contributed by atoms with Gasteiger partial charge in [0.2, 0.25) is 5.91 Å². The molecule has 2 aromatic rings. The maximum Gasteiger partial charge on any atom is 0.311 e. The molecule has 0 fully saturated rings. The van der Waals surface area contributed by atoms with Gasteiger partial charge in [0.15, 0.2) is 5.75 Å². The molecule has 0 aliphatic carbocycles. The summed E-state index contributed by atoms with van der Waals surface area (Å²) in [5.74, 6) is 2.29. The number of hydrogen-bond acceptors (Lipinski definition) is 7. The molecule has 0 radical (unpaired) electrons. The number of carbonyl (C=O) groups is 1. The molecule has 0 spiro atoms. The van der Waals surface area contributed by atoms with Crippen molar-refractivity contribution in [1.29, 1.82) is 0 Å². The number of methoxy groups -OCH3 is 2. The highest BCUT2D eigenvalue weighted by Crippen LogP contribution is 2.28. The lowest BCUT2D eigenvalue weighted by atomic mass is 10.2. The van der Waals surface area contributed by atoms with Crippen LogP contribution >= 0.6 is 11.8 Å². The van der Waals surface area contributed by atoms with Crippen molar-refractivity contribution in [3.05, 3.63) is 58.1 Å². The average Bonchev–Trinajstić information content (AvgIpc) is 2.71. The number of ether oxygens (including phenoxy) is 3. The number of nitro groups is 1. The van der Waals surface area contributed by atoms with Crippen molar-refractivity contribution >= 4 is 23.4 Å². The Balaban J connectivity index is 1.67. The minimum atomic E-state index is -0.484. The predicted octanol–water partition coefficient (Wildman–Crippen LogP) is 3.04. The Bertz CT molecular complexity index is 798. The van der Waals surface area contributed by atoms with E-state index in [2.05, 4.69) is 5.32 Å². The van der Waals surface area contributed by atoms with E-state index in [0.29, 0.717) is 24.7 Å². The van der Waals surface area contributed by atoms with Crippen LogP contribution in [0.4, 0.5) is 5.69 Å². The summed E-state index contributed by atoms with van der Waals surface area (Å²) in [5.41, 5.74) is 0.675. The fourth-order valence-corrected chi connectivity index (χ4v) is 3.12. The number of nitro benzene ring substituents is 1. The number of benzene rings is 2. The first-order valence-electron chi connectivity index (χ1n) is 8.46. The van der Waals surface area contributed by atoms with Crippen molar-refractivity contribution in [2.75, 3.05) is 33.1 Å². The van der Waals surface area contributed by atoms with Crippen LogP contribution < -0.4 is 19.5 Å². The van der Waals surface area contributed by atoms with Crippen molar-refractivity contribution < 1.29 is 23.9 Å². The Morgan fingerprint density at radius 2 is 1.82 bits per heavy atom. The smallest absolute Gasteiger partial charge is 0.311 e. The molecule has 0 atom stereocenters. The van der Waals surface area contributed by atoms with E-state index in [1.54, 1.807) is 43.5 Å². The Morgan fingerprint density at radius 3 is 2.46 bits per heavy atom. The molecule has 0 saturated heterocycles. The second-order valence-corrected chi connectivity index (χ2v) is 6.62. The van der Waals surface area contributed by atoms with E-state index in [9.17, 15) is 14.9 Å². The molecule has 2 aromatic carbocycles. The number of thioether (sulfide) groups is 1. The maximum atomic E-state index is 11.9. The molecular weight excluding hydrogens is 384 g/mol. The molecule has 150 valence electrons. The lowest BCUT2D eigenvalue weighted by molar-refractivity contribution is -0.385. The number of nitrogens with one attached hydrogen (secondary N) is 1. The zero-order valence-electron chi connectivity index (χ0n) is 15.7. The van der Waals surface area contributed by atoms with E-state index in [4.69, 9.17) is 14.2 Å². The fourth-order valence-electron chi connectivity index (χ4n) is 2.31. The summed E-state index contributed by atoms with van der Waals surface area (Å²) in [7, 11) is 2.98. The van der Waals surface area contributed by atoms with Crippen LogP contribution in [0, 0.1) is 10.1 Å². The van der Waals surface area contributed by atoms with Crippen LogP contribution in [0.15, 0.2) is 42.5 Å². The van der Waals surface area contributed by atoms with E-state index in [-0.39, 0.29) is 23.1 Å². The molecule has 0 aromatic heterocycles. The Kier molecular flexibility index (Phi) is 8.41. The van der Waals surface area contributed by atoms with Gasteiger partial charge in [0.05, 0.1) is 31.4 Å².